The molecule has 1 aliphatic heterocycles. The third kappa shape index (κ3) is 7.09. The van der Waals surface area contributed by atoms with E-state index in [1.54, 1.807) is 0 Å². The summed E-state index contributed by atoms with van der Waals surface area (Å²) < 4.78 is 7.27. The second kappa shape index (κ2) is 18.3. The van der Waals surface area contributed by atoms with Crippen molar-refractivity contribution in [3.8, 4) is 50.4 Å². The number of nitrogens with zero attached hydrogens (tertiary/aromatic N) is 4. The van der Waals surface area contributed by atoms with Crippen LogP contribution in [0.4, 0.5) is 11.4 Å². The number of anilines is 2. The van der Waals surface area contributed by atoms with Crippen molar-refractivity contribution in [2.75, 3.05) is 4.90 Å². The zero-order chi connectivity index (χ0) is 55.9. The van der Waals surface area contributed by atoms with Gasteiger partial charge in [-0.3, -0.25) is 0 Å². The number of hydrogen-bond donors (Lipinski definition) is 0. The van der Waals surface area contributed by atoms with Gasteiger partial charge < -0.3 is 18.6 Å². The van der Waals surface area contributed by atoms with Crippen LogP contribution in [0.15, 0.2) is 297 Å². The summed E-state index contributed by atoms with van der Waals surface area (Å²) in [7, 11) is 0. The SMILES string of the molecule is CC12C=Cc3ccc(-c4ccc5c(c4)c4ccccc4n5-c4ccc(-c5ccc(-n6c7ccccc7c7c8cc(-c9ccc%10c%11ccccc%11n(-c%11ccccc%11)c%10c9)ccc8ccc76)cc5)cc4)cc3C1c1ccccc1N2c1ccccc1. The predicted molar refractivity (Wildman–Crippen MR) is 358 cm³/mol. The third-order valence-electron chi connectivity index (χ3n) is 18.8. The minimum Gasteiger partial charge on any atom is -0.331 e. The Hall–Kier alpha value is -10.9. The molecule has 0 fully saturated rings. The molecule has 2 aliphatic rings. The number of benzene rings is 13. The van der Waals surface area contributed by atoms with Gasteiger partial charge in [-0.25, -0.2) is 0 Å². The molecule has 1 aliphatic carbocycles. The number of para-hydroxylation sites is 6. The highest BCUT2D eigenvalue weighted by atomic mass is 15.2. The van der Waals surface area contributed by atoms with Crippen LogP contribution in [0.3, 0.4) is 0 Å². The van der Waals surface area contributed by atoms with E-state index in [9.17, 15) is 0 Å². The van der Waals surface area contributed by atoms with Gasteiger partial charge in [-0.05, 0) is 177 Å². The van der Waals surface area contributed by atoms with E-state index in [-0.39, 0.29) is 11.5 Å². The summed E-state index contributed by atoms with van der Waals surface area (Å²) >= 11 is 0. The molecule has 85 heavy (non-hydrogen) atoms. The molecule has 0 bridgehead atoms. The van der Waals surface area contributed by atoms with Crippen molar-refractivity contribution in [2.45, 2.75) is 18.4 Å². The predicted octanol–water partition coefficient (Wildman–Crippen LogP) is 21.2. The van der Waals surface area contributed by atoms with E-state index in [2.05, 4.69) is 329 Å². The quantitative estimate of drug-likeness (QED) is 0.156. The van der Waals surface area contributed by atoms with Gasteiger partial charge in [0.05, 0.1) is 38.6 Å². The van der Waals surface area contributed by atoms with E-state index < -0.39 is 0 Å². The molecular formula is C81H54N4. The van der Waals surface area contributed by atoms with E-state index >= 15 is 0 Å². The van der Waals surface area contributed by atoms with Gasteiger partial charge in [0, 0.05) is 66.7 Å². The lowest BCUT2D eigenvalue weighted by Crippen LogP contribution is -2.43. The molecule has 13 aromatic carbocycles. The maximum atomic E-state index is 2.54. The van der Waals surface area contributed by atoms with Gasteiger partial charge >= 0.3 is 0 Å². The van der Waals surface area contributed by atoms with Crippen LogP contribution in [-0.4, -0.2) is 19.2 Å². The van der Waals surface area contributed by atoms with Crippen LogP contribution < -0.4 is 4.90 Å². The van der Waals surface area contributed by atoms with Crippen molar-refractivity contribution >= 4 is 93.6 Å². The van der Waals surface area contributed by atoms with Crippen LogP contribution in [0.5, 0.6) is 0 Å². The summed E-state index contributed by atoms with van der Waals surface area (Å²) in [5.74, 6) is 0.183. The maximum Gasteiger partial charge on any atom is 0.0718 e. The Kier molecular flexibility index (Phi) is 10.3. The first-order chi connectivity index (χ1) is 42.0. The first-order valence-electron chi connectivity index (χ1n) is 29.6. The molecule has 0 spiro atoms. The summed E-state index contributed by atoms with van der Waals surface area (Å²) in [5, 5.41) is 10.0. The van der Waals surface area contributed by atoms with Crippen LogP contribution in [0.2, 0.25) is 0 Å². The highest BCUT2D eigenvalue weighted by Gasteiger charge is 2.50. The number of hydrogen-bond acceptors (Lipinski definition) is 1. The third-order valence-corrected chi connectivity index (χ3v) is 18.8. The minimum atomic E-state index is -0.254. The molecule has 0 radical (unpaired) electrons. The second-order valence-electron chi connectivity index (χ2n) is 23.4. The Balaban J connectivity index is 0.672. The topological polar surface area (TPSA) is 18.0 Å². The van der Waals surface area contributed by atoms with E-state index in [1.165, 1.54) is 138 Å². The largest absolute Gasteiger partial charge is 0.331 e. The lowest BCUT2D eigenvalue weighted by atomic mass is 9.72. The van der Waals surface area contributed by atoms with Gasteiger partial charge in [0.1, 0.15) is 0 Å². The van der Waals surface area contributed by atoms with Crippen molar-refractivity contribution in [3.05, 3.63) is 314 Å². The smallest absolute Gasteiger partial charge is 0.0718 e. The van der Waals surface area contributed by atoms with Crippen LogP contribution in [-0.2, 0) is 0 Å². The zero-order valence-corrected chi connectivity index (χ0v) is 46.7. The van der Waals surface area contributed by atoms with Crippen LogP contribution in [0.25, 0.3) is 133 Å². The van der Waals surface area contributed by atoms with Gasteiger partial charge in [0.15, 0.2) is 0 Å². The second-order valence-corrected chi connectivity index (χ2v) is 23.4. The molecule has 0 amide bonds. The van der Waals surface area contributed by atoms with Crippen LogP contribution in [0.1, 0.15) is 29.5 Å². The molecule has 2 unspecified atom stereocenters. The molecule has 0 N–H and O–H groups in total. The highest BCUT2D eigenvalue weighted by molar-refractivity contribution is 6.22. The minimum absolute atomic E-state index is 0.183. The van der Waals surface area contributed by atoms with Crippen LogP contribution >= 0.6 is 0 Å². The Morgan fingerprint density at radius 3 is 1.47 bits per heavy atom. The summed E-state index contributed by atoms with van der Waals surface area (Å²) in [6.45, 7) is 2.40. The Bertz CT molecular complexity index is 5430. The first-order valence-corrected chi connectivity index (χ1v) is 29.6. The van der Waals surface area contributed by atoms with Gasteiger partial charge in [-0.2, -0.15) is 0 Å². The molecule has 4 heterocycles. The number of aromatic nitrogens is 3. The highest BCUT2D eigenvalue weighted by Crippen LogP contribution is 2.57. The van der Waals surface area contributed by atoms with Crippen molar-refractivity contribution < 1.29 is 0 Å². The van der Waals surface area contributed by atoms with E-state index in [4.69, 9.17) is 0 Å². The fourth-order valence-corrected chi connectivity index (χ4v) is 15.0. The van der Waals surface area contributed by atoms with E-state index in [1.807, 2.05) is 0 Å². The van der Waals surface area contributed by atoms with Gasteiger partial charge in [-0.15, -0.1) is 0 Å². The Labute approximate surface area is 492 Å². The van der Waals surface area contributed by atoms with Crippen molar-refractivity contribution in [1.29, 1.82) is 0 Å². The van der Waals surface area contributed by atoms with Gasteiger partial charge in [-0.1, -0.05) is 194 Å². The lowest BCUT2D eigenvalue weighted by Gasteiger charge is -2.41. The molecule has 4 heteroatoms. The molecule has 3 aromatic heterocycles. The average molecular weight is 1080 g/mol. The molecule has 4 nitrogen and oxygen atoms in total. The Morgan fingerprint density at radius 2 is 0.753 bits per heavy atom. The molecule has 16 aromatic rings. The lowest BCUT2D eigenvalue weighted by molar-refractivity contribution is 0.532. The molecular weight excluding hydrogens is 1030 g/mol. The Morgan fingerprint density at radius 1 is 0.294 bits per heavy atom. The molecule has 398 valence electrons. The normalized spacial score (nSPS) is 15.4. The summed E-state index contributed by atoms with van der Waals surface area (Å²) in [4.78, 5) is 2.54. The van der Waals surface area contributed by atoms with Crippen molar-refractivity contribution in [2.24, 2.45) is 0 Å². The fourth-order valence-electron chi connectivity index (χ4n) is 15.0. The summed E-state index contributed by atoms with van der Waals surface area (Å²) in [5.41, 5.74) is 24.1. The number of rotatable bonds is 7. The molecule has 2 atom stereocenters. The summed E-state index contributed by atoms with van der Waals surface area (Å²) in [6, 6.07) is 108. The van der Waals surface area contributed by atoms with E-state index in [0.717, 1.165) is 17.1 Å². The van der Waals surface area contributed by atoms with E-state index in [0.29, 0.717) is 0 Å². The van der Waals surface area contributed by atoms with Gasteiger partial charge in [0.2, 0.25) is 0 Å². The average Bonchev–Trinajstić information content (AvgIpc) is 3.19. The monoisotopic (exact) mass is 1080 g/mol. The molecule has 0 saturated carbocycles. The van der Waals surface area contributed by atoms with Gasteiger partial charge in [0.25, 0.3) is 0 Å². The summed E-state index contributed by atoms with van der Waals surface area (Å²) in [6.07, 6.45) is 4.76. The standard InChI is InChI=1S/C81H54N4/c1-81-47-46-55-29-31-57(49-70(55)80(81)68-23-11-15-27-76(68)85(81)63-18-6-3-7-19-63)58-38-44-75-71(50-58)65-21-9-13-25-73(65)82(75)61-39-32-52(33-40-61)53-34-41-62(42-35-53)83-74-26-14-10-22-67(74)79-69-48-56(30-28-54(69)37-45-77(79)83)59-36-43-66-64-20-8-12-24-72(64)84(78(66)51-59)60-16-4-2-5-17-60/h2-51,80H,1H3. The zero-order valence-electron chi connectivity index (χ0n) is 46.7. The first kappa shape index (κ1) is 47.7. The number of fused-ring (bicyclic) bond motifs is 16. The fraction of sp³-hybridized carbons (Fsp3) is 0.0370. The van der Waals surface area contributed by atoms with Crippen molar-refractivity contribution in [3.63, 3.8) is 0 Å². The van der Waals surface area contributed by atoms with Crippen LogP contribution in [0, 0.1) is 0 Å². The molecule has 18 rings (SSSR count). The molecule has 0 saturated heterocycles. The maximum absolute atomic E-state index is 2.54. The van der Waals surface area contributed by atoms with Crippen molar-refractivity contribution in [1.82, 2.24) is 13.7 Å².